The molecule has 0 atom stereocenters. The highest BCUT2D eigenvalue weighted by molar-refractivity contribution is 5.47. The summed E-state index contributed by atoms with van der Waals surface area (Å²) in [6.45, 7) is 7.18. The summed E-state index contributed by atoms with van der Waals surface area (Å²) in [7, 11) is 0. The van der Waals surface area contributed by atoms with Crippen molar-refractivity contribution in [2.45, 2.75) is 27.2 Å². The van der Waals surface area contributed by atoms with Crippen molar-refractivity contribution in [1.82, 2.24) is 4.98 Å². The average molecular weight is 243 g/mol. The molecule has 1 aromatic rings. The van der Waals surface area contributed by atoms with Crippen LogP contribution in [0, 0.1) is 17.6 Å². The molecule has 96 valence electrons. The van der Waals surface area contributed by atoms with Gasteiger partial charge >= 0.3 is 0 Å². The van der Waals surface area contributed by atoms with Gasteiger partial charge in [-0.1, -0.05) is 20.8 Å². The van der Waals surface area contributed by atoms with E-state index in [-0.39, 0.29) is 11.6 Å². The molecule has 0 spiro atoms. The Hall–Kier alpha value is -1.39. The van der Waals surface area contributed by atoms with Gasteiger partial charge in [0.05, 0.1) is 0 Å². The molecule has 0 bridgehead atoms. The summed E-state index contributed by atoms with van der Waals surface area (Å²) in [5, 5.41) is 5.69. The van der Waals surface area contributed by atoms with Crippen LogP contribution in [0.15, 0.2) is 6.07 Å². The second-order valence-electron chi connectivity index (χ2n) is 4.35. The van der Waals surface area contributed by atoms with Crippen LogP contribution >= 0.6 is 0 Å². The maximum atomic E-state index is 13.4. The van der Waals surface area contributed by atoms with Gasteiger partial charge in [0, 0.05) is 19.2 Å². The number of rotatable bonds is 6. The Labute approximate surface area is 101 Å². The Kier molecular flexibility index (Phi) is 5.12. The van der Waals surface area contributed by atoms with Crippen molar-refractivity contribution in [3.63, 3.8) is 0 Å². The number of hydrogen-bond donors (Lipinski definition) is 2. The van der Waals surface area contributed by atoms with Crippen molar-refractivity contribution >= 4 is 11.6 Å². The minimum atomic E-state index is -0.662. The van der Waals surface area contributed by atoms with E-state index in [1.807, 2.05) is 20.8 Å². The molecule has 17 heavy (non-hydrogen) atoms. The van der Waals surface area contributed by atoms with Crippen LogP contribution in [0.3, 0.4) is 0 Å². The largest absolute Gasteiger partial charge is 0.368 e. The fraction of sp³-hybridized carbons (Fsp3) is 0.583. The van der Waals surface area contributed by atoms with Gasteiger partial charge < -0.3 is 10.6 Å². The lowest BCUT2D eigenvalue weighted by Gasteiger charge is -2.12. The Balaban J connectivity index is 2.81. The first-order valence-corrected chi connectivity index (χ1v) is 5.88. The van der Waals surface area contributed by atoms with E-state index >= 15 is 0 Å². The maximum Gasteiger partial charge on any atom is 0.168 e. The van der Waals surface area contributed by atoms with Gasteiger partial charge in [-0.05, 0) is 12.3 Å². The predicted octanol–water partition coefficient (Wildman–Crippen LogP) is 3.25. The Morgan fingerprint density at radius 1 is 1.18 bits per heavy atom. The van der Waals surface area contributed by atoms with Crippen LogP contribution in [0.5, 0.6) is 0 Å². The summed E-state index contributed by atoms with van der Waals surface area (Å²) in [6, 6.07) is 0.855. The molecule has 0 saturated heterocycles. The van der Waals surface area contributed by atoms with Gasteiger partial charge in [-0.3, -0.25) is 0 Å². The van der Waals surface area contributed by atoms with Gasteiger partial charge in [-0.15, -0.1) is 0 Å². The van der Waals surface area contributed by atoms with Gasteiger partial charge in [0.1, 0.15) is 0 Å². The molecule has 0 saturated carbocycles. The van der Waals surface area contributed by atoms with Crippen molar-refractivity contribution in [2.24, 2.45) is 5.92 Å². The Morgan fingerprint density at radius 2 is 1.76 bits per heavy atom. The van der Waals surface area contributed by atoms with Gasteiger partial charge in [0.25, 0.3) is 0 Å². The molecule has 0 aromatic carbocycles. The summed E-state index contributed by atoms with van der Waals surface area (Å²) in [5.41, 5.74) is 0. The van der Waals surface area contributed by atoms with E-state index in [0.717, 1.165) is 12.5 Å². The van der Waals surface area contributed by atoms with Crippen molar-refractivity contribution < 1.29 is 8.78 Å². The predicted molar refractivity (Wildman–Crippen MR) is 66.3 cm³/mol. The molecule has 0 aliphatic rings. The molecule has 1 heterocycles. The van der Waals surface area contributed by atoms with E-state index in [0.29, 0.717) is 19.0 Å². The molecule has 0 amide bonds. The molecule has 0 unspecified atom stereocenters. The fourth-order valence-electron chi connectivity index (χ4n) is 1.26. The topological polar surface area (TPSA) is 37.0 Å². The molecule has 0 fully saturated rings. The van der Waals surface area contributed by atoms with Gasteiger partial charge in [-0.2, -0.15) is 0 Å². The van der Waals surface area contributed by atoms with E-state index in [2.05, 4.69) is 15.6 Å². The van der Waals surface area contributed by atoms with Crippen LogP contribution in [0.2, 0.25) is 0 Å². The molecule has 1 aromatic heterocycles. The summed E-state index contributed by atoms with van der Waals surface area (Å²) in [5.74, 6) is -0.761. The molecular weight excluding hydrogens is 224 g/mol. The highest BCUT2D eigenvalue weighted by Gasteiger charge is 2.11. The molecule has 5 heteroatoms. The first-order valence-electron chi connectivity index (χ1n) is 5.88. The first-order chi connectivity index (χ1) is 8.04. The molecule has 2 N–H and O–H groups in total. The lowest BCUT2D eigenvalue weighted by molar-refractivity contribution is 0.575. The molecule has 1 rings (SSSR count). The highest BCUT2D eigenvalue weighted by atomic mass is 19.1. The van der Waals surface area contributed by atoms with Crippen LogP contribution in [-0.2, 0) is 0 Å². The standard InChI is InChI=1S/C12H19F2N3/c1-4-5-15-11-9(13)6-10(14)12(17-11)16-7-8(2)3/h6,8H,4-5,7H2,1-3H3,(H2,15,16,17). The lowest BCUT2D eigenvalue weighted by atomic mass is 10.2. The Bertz CT molecular complexity index is 367. The zero-order valence-corrected chi connectivity index (χ0v) is 10.5. The third-order valence-electron chi connectivity index (χ3n) is 2.15. The number of halogens is 2. The Morgan fingerprint density at radius 3 is 2.29 bits per heavy atom. The number of anilines is 2. The summed E-state index contributed by atoms with van der Waals surface area (Å²) < 4.78 is 26.8. The van der Waals surface area contributed by atoms with Gasteiger partial charge in [0.15, 0.2) is 23.3 Å². The summed E-state index contributed by atoms with van der Waals surface area (Å²) in [6.07, 6.45) is 0.854. The van der Waals surface area contributed by atoms with Crippen LogP contribution in [0.25, 0.3) is 0 Å². The van der Waals surface area contributed by atoms with Crippen molar-refractivity contribution in [2.75, 3.05) is 23.7 Å². The number of nitrogens with one attached hydrogen (secondary N) is 2. The fourth-order valence-corrected chi connectivity index (χ4v) is 1.26. The zero-order chi connectivity index (χ0) is 12.8. The lowest BCUT2D eigenvalue weighted by Crippen LogP contribution is -2.13. The van der Waals surface area contributed by atoms with Crippen molar-refractivity contribution in [3.8, 4) is 0 Å². The average Bonchev–Trinajstić information content (AvgIpc) is 2.26. The van der Waals surface area contributed by atoms with Crippen LogP contribution in [0.1, 0.15) is 27.2 Å². The van der Waals surface area contributed by atoms with Crippen LogP contribution < -0.4 is 10.6 Å². The minimum Gasteiger partial charge on any atom is -0.368 e. The first kappa shape index (κ1) is 13.7. The third kappa shape index (κ3) is 4.17. The smallest absolute Gasteiger partial charge is 0.168 e. The summed E-state index contributed by atoms with van der Waals surface area (Å²) in [4.78, 5) is 3.91. The molecule has 0 radical (unpaired) electrons. The maximum absolute atomic E-state index is 13.4. The van der Waals surface area contributed by atoms with E-state index in [1.54, 1.807) is 0 Å². The monoisotopic (exact) mass is 243 g/mol. The van der Waals surface area contributed by atoms with E-state index in [1.165, 1.54) is 0 Å². The summed E-state index contributed by atoms with van der Waals surface area (Å²) >= 11 is 0. The zero-order valence-electron chi connectivity index (χ0n) is 10.5. The van der Waals surface area contributed by atoms with Crippen molar-refractivity contribution in [1.29, 1.82) is 0 Å². The van der Waals surface area contributed by atoms with Crippen molar-refractivity contribution in [3.05, 3.63) is 17.7 Å². The van der Waals surface area contributed by atoms with E-state index < -0.39 is 11.6 Å². The number of hydrogen-bond acceptors (Lipinski definition) is 3. The molecule has 0 aliphatic heterocycles. The van der Waals surface area contributed by atoms with E-state index in [9.17, 15) is 8.78 Å². The number of aromatic nitrogens is 1. The molecular formula is C12H19F2N3. The second kappa shape index (κ2) is 6.37. The highest BCUT2D eigenvalue weighted by Crippen LogP contribution is 2.19. The minimum absolute atomic E-state index is 0.0960. The van der Waals surface area contributed by atoms with E-state index in [4.69, 9.17) is 0 Å². The SMILES string of the molecule is CCCNc1nc(NCC(C)C)c(F)cc1F. The molecule has 3 nitrogen and oxygen atoms in total. The number of nitrogens with zero attached hydrogens (tertiary/aromatic N) is 1. The van der Waals surface area contributed by atoms with Crippen LogP contribution in [0.4, 0.5) is 20.4 Å². The van der Waals surface area contributed by atoms with Gasteiger partial charge in [-0.25, -0.2) is 13.8 Å². The van der Waals surface area contributed by atoms with Gasteiger partial charge in [0.2, 0.25) is 0 Å². The normalized spacial score (nSPS) is 10.7. The van der Waals surface area contributed by atoms with Crippen LogP contribution in [-0.4, -0.2) is 18.1 Å². The third-order valence-corrected chi connectivity index (χ3v) is 2.15. The molecule has 0 aliphatic carbocycles. The second-order valence-corrected chi connectivity index (χ2v) is 4.35. The quantitative estimate of drug-likeness (QED) is 0.805. The number of pyridine rings is 1.